The maximum atomic E-state index is 6.34. The average Bonchev–Trinajstić information content (AvgIpc) is 2.39. The zero-order valence-electron chi connectivity index (χ0n) is 10.3. The molecule has 1 aromatic carbocycles. The Hall–Kier alpha value is -0.730. The smallest absolute Gasteiger partial charge is 0.137 e. The predicted octanol–water partition coefficient (Wildman–Crippen LogP) is 3.93. The molecular formula is C14H20ClNO. The van der Waals surface area contributed by atoms with E-state index in [0.717, 1.165) is 11.3 Å². The molecule has 17 heavy (non-hydrogen) atoms. The van der Waals surface area contributed by atoms with E-state index in [1.54, 1.807) is 7.11 Å². The van der Waals surface area contributed by atoms with Crippen molar-refractivity contribution in [2.45, 2.75) is 38.1 Å². The Morgan fingerprint density at radius 3 is 2.65 bits per heavy atom. The summed E-state index contributed by atoms with van der Waals surface area (Å²) >= 11 is 6.02. The number of benzene rings is 1. The van der Waals surface area contributed by atoms with Crippen molar-refractivity contribution in [2.75, 3.05) is 7.11 Å². The molecule has 1 aromatic rings. The van der Waals surface area contributed by atoms with Crippen LogP contribution >= 0.6 is 11.6 Å². The van der Waals surface area contributed by atoms with Gasteiger partial charge in [-0.3, -0.25) is 0 Å². The molecule has 0 saturated heterocycles. The van der Waals surface area contributed by atoms with Crippen molar-refractivity contribution in [1.82, 2.24) is 0 Å². The molecule has 1 fully saturated rings. The molecule has 1 aliphatic carbocycles. The highest BCUT2D eigenvalue weighted by atomic mass is 35.5. The van der Waals surface area contributed by atoms with Crippen LogP contribution in [0.1, 0.15) is 43.7 Å². The molecule has 0 spiro atoms. The van der Waals surface area contributed by atoms with Crippen LogP contribution in [0.4, 0.5) is 0 Å². The van der Waals surface area contributed by atoms with Gasteiger partial charge in [0, 0.05) is 6.04 Å². The zero-order chi connectivity index (χ0) is 12.3. The van der Waals surface area contributed by atoms with Crippen LogP contribution in [0.3, 0.4) is 0 Å². The van der Waals surface area contributed by atoms with E-state index in [9.17, 15) is 0 Å². The first-order valence-electron chi connectivity index (χ1n) is 6.31. The Balaban J connectivity index is 2.15. The molecule has 0 aliphatic heterocycles. The second kappa shape index (κ2) is 5.74. The van der Waals surface area contributed by atoms with Gasteiger partial charge in [-0.15, -0.1) is 0 Å². The molecule has 1 aliphatic rings. The first kappa shape index (κ1) is 12.7. The minimum absolute atomic E-state index is 0.112. The lowest BCUT2D eigenvalue weighted by Crippen LogP contribution is -2.23. The Kier molecular flexibility index (Phi) is 4.30. The van der Waals surface area contributed by atoms with Gasteiger partial charge in [0.2, 0.25) is 0 Å². The standard InChI is InChI=1S/C14H20ClNO/c1-17-13-9-11(7-8-12(13)15)14(16)10-5-3-2-4-6-10/h7-10,14H,2-6,16H2,1H3. The first-order valence-corrected chi connectivity index (χ1v) is 6.69. The molecular weight excluding hydrogens is 234 g/mol. The normalized spacial score (nSPS) is 19.0. The molecule has 0 aromatic heterocycles. The molecule has 0 bridgehead atoms. The van der Waals surface area contributed by atoms with Crippen molar-refractivity contribution in [3.05, 3.63) is 28.8 Å². The second-order valence-corrected chi connectivity index (χ2v) is 5.23. The molecule has 2 rings (SSSR count). The van der Waals surface area contributed by atoms with E-state index < -0.39 is 0 Å². The second-order valence-electron chi connectivity index (χ2n) is 4.82. The minimum atomic E-state index is 0.112. The summed E-state index contributed by atoms with van der Waals surface area (Å²) < 4.78 is 5.24. The van der Waals surface area contributed by atoms with E-state index in [4.69, 9.17) is 22.1 Å². The fourth-order valence-corrected chi connectivity index (χ4v) is 2.84. The molecule has 0 heterocycles. The fourth-order valence-electron chi connectivity index (χ4n) is 2.65. The van der Waals surface area contributed by atoms with Crippen molar-refractivity contribution in [3.8, 4) is 5.75 Å². The number of methoxy groups -OCH3 is 1. The van der Waals surface area contributed by atoms with E-state index in [-0.39, 0.29) is 6.04 Å². The summed E-state index contributed by atoms with van der Waals surface area (Å²) in [5.74, 6) is 1.32. The van der Waals surface area contributed by atoms with Crippen molar-refractivity contribution in [3.63, 3.8) is 0 Å². The van der Waals surface area contributed by atoms with Gasteiger partial charge in [0.25, 0.3) is 0 Å². The predicted molar refractivity (Wildman–Crippen MR) is 71.5 cm³/mol. The quantitative estimate of drug-likeness (QED) is 0.886. The number of ether oxygens (including phenoxy) is 1. The van der Waals surface area contributed by atoms with Gasteiger partial charge in [0.05, 0.1) is 12.1 Å². The lowest BCUT2D eigenvalue weighted by molar-refractivity contribution is 0.307. The van der Waals surface area contributed by atoms with Gasteiger partial charge in [-0.2, -0.15) is 0 Å². The molecule has 94 valence electrons. The molecule has 3 heteroatoms. The maximum Gasteiger partial charge on any atom is 0.137 e. The number of halogens is 1. The van der Waals surface area contributed by atoms with Crippen LogP contribution < -0.4 is 10.5 Å². The monoisotopic (exact) mass is 253 g/mol. The molecule has 2 nitrogen and oxygen atoms in total. The van der Waals surface area contributed by atoms with Gasteiger partial charge < -0.3 is 10.5 Å². The van der Waals surface area contributed by atoms with Gasteiger partial charge >= 0.3 is 0 Å². The Bertz CT molecular complexity index is 374. The van der Waals surface area contributed by atoms with Gasteiger partial charge in [-0.25, -0.2) is 0 Å². The van der Waals surface area contributed by atoms with Crippen molar-refractivity contribution in [1.29, 1.82) is 0 Å². The third-order valence-electron chi connectivity index (χ3n) is 3.72. The Morgan fingerprint density at radius 1 is 1.29 bits per heavy atom. The van der Waals surface area contributed by atoms with Gasteiger partial charge in [-0.1, -0.05) is 36.9 Å². The topological polar surface area (TPSA) is 35.2 Å². The summed E-state index contributed by atoms with van der Waals surface area (Å²) in [4.78, 5) is 0. The van der Waals surface area contributed by atoms with E-state index in [1.165, 1.54) is 32.1 Å². The van der Waals surface area contributed by atoms with E-state index >= 15 is 0 Å². The van der Waals surface area contributed by atoms with E-state index in [1.807, 2.05) is 18.2 Å². The molecule has 1 saturated carbocycles. The molecule has 1 atom stereocenters. The van der Waals surface area contributed by atoms with E-state index in [2.05, 4.69) is 0 Å². The SMILES string of the molecule is COc1cc(C(N)C2CCCCC2)ccc1Cl. The van der Waals surface area contributed by atoms with Crippen molar-refractivity contribution in [2.24, 2.45) is 11.7 Å². The molecule has 0 amide bonds. The largest absolute Gasteiger partial charge is 0.495 e. The van der Waals surface area contributed by atoms with Gasteiger partial charge in [0.15, 0.2) is 0 Å². The Morgan fingerprint density at radius 2 is 2.00 bits per heavy atom. The maximum absolute atomic E-state index is 6.34. The van der Waals surface area contributed by atoms with Crippen LogP contribution in [0.2, 0.25) is 5.02 Å². The van der Waals surface area contributed by atoms with Crippen LogP contribution in [0.15, 0.2) is 18.2 Å². The number of rotatable bonds is 3. The minimum Gasteiger partial charge on any atom is -0.495 e. The summed E-state index contributed by atoms with van der Waals surface area (Å²) in [7, 11) is 1.64. The molecule has 0 radical (unpaired) electrons. The lowest BCUT2D eigenvalue weighted by atomic mass is 9.81. The van der Waals surface area contributed by atoms with Crippen molar-refractivity contribution < 1.29 is 4.74 Å². The van der Waals surface area contributed by atoms with Crippen LogP contribution in [0.5, 0.6) is 5.75 Å². The lowest BCUT2D eigenvalue weighted by Gasteiger charge is -2.28. The van der Waals surface area contributed by atoms with Crippen LogP contribution in [-0.4, -0.2) is 7.11 Å². The summed E-state index contributed by atoms with van der Waals surface area (Å²) in [6, 6.07) is 5.98. The summed E-state index contributed by atoms with van der Waals surface area (Å²) in [5, 5.41) is 0.645. The van der Waals surface area contributed by atoms with Crippen LogP contribution in [-0.2, 0) is 0 Å². The van der Waals surface area contributed by atoms with Crippen LogP contribution in [0.25, 0.3) is 0 Å². The third-order valence-corrected chi connectivity index (χ3v) is 4.03. The molecule has 1 unspecified atom stereocenters. The average molecular weight is 254 g/mol. The number of hydrogen-bond donors (Lipinski definition) is 1. The summed E-state index contributed by atoms with van der Waals surface area (Å²) in [6.45, 7) is 0. The summed E-state index contributed by atoms with van der Waals surface area (Å²) in [6.07, 6.45) is 6.46. The highest BCUT2D eigenvalue weighted by Gasteiger charge is 2.22. The number of nitrogens with two attached hydrogens (primary N) is 1. The van der Waals surface area contributed by atoms with Crippen molar-refractivity contribution >= 4 is 11.6 Å². The van der Waals surface area contributed by atoms with Crippen LogP contribution in [0, 0.1) is 5.92 Å². The zero-order valence-corrected chi connectivity index (χ0v) is 11.0. The van der Waals surface area contributed by atoms with E-state index in [0.29, 0.717) is 10.9 Å². The third kappa shape index (κ3) is 2.93. The van der Waals surface area contributed by atoms with Gasteiger partial charge in [0.1, 0.15) is 5.75 Å². The number of hydrogen-bond acceptors (Lipinski definition) is 2. The first-order chi connectivity index (χ1) is 8.22. The molecule has 2 N–H and O–H groups in total. The highest BCUT2D eigenvalue weighted by Crippen LogP contribution is 2.35. The summed E-state index contributed by atoms with van der Waals surface area (Å²) in [5.41, 5.74) is 7.48. The highest BCUT2D eigenvalue weighted by molar-refractivity contribution is 6.32. The Labute approximate surface area is 108 Å². The fraction of sp³-hybridized carbons (Fsp3) is 0.571. The van der Waals surface area contributed by atoms with Gasteiger partial charge in [-0.05, 0) is 36.5 Å².